The Morgan fingerprint density at radius 2 is 2.06 bits per heavy atom. The number of anilines is 1. The molecule has 0 aliphatic rings. The molecule has 96 valence electrons. The van der Waals surface area contributed by atoms with Gasteiger partial charge in [0.25, 0.3) is 5.91 Å². The summed E-state index contributed by atoms with van der Waals surface area (Å²) in [5, 5.41) is 3.10. The maximum Gasteiger partial charge on any atom is 0.255 e. The Hall–Kier alpha value is -1.13. The third kappa shape index (κ3) is 3.98. The molecule has 0 saturated heterocycles. The van der Waals surface area contributed by atoms with Gasteiger partial charge in [-0.1, -0.05) is 11.6 Å². The SMILES string of the molecule is COc1cc(N)c(Cl)cc1C(=O)NC(C)C.Cl. The Morgan fingerprint density at radius 1 is 1.47 bits per heavy atom. The van der Waals surface area contributed by atoms with Crippen LogP contribution in [0.15, 0.2) is 12.1 Å². The average molecular weight is 279 g/mol. The minimum absolute atomic E-state index is 0. The quantitative estimate of drug-likeness (QED) is 0.835. The lowest BCUT2D eigenvalue weighted by molar-refractivity contribution is 0.0940. The van der Waals surface area contributed by atoms with Gasteiger partial charge in [-0.25, -0.2) is 0 Å². The summed E-state index contributed by atoms with van der Waals surface area (Å²) in [6, 6.07) is 3.10. The smallest absolute Gasteiger partial charge is 0.255 e. The molecule has 6 heteroatoms. The number of carbonyl (C=O) groups is 1. The van der Waals surface area contributed by atoms with Gasteiger partial charge in [0.05, 0.1) is 23.4 Å². The fourth-order valence-corrected chi connectivity index (χ4v) is 1.42. The molecule has 0 aliphatic heterocycles. The van der Waals surface area contributed by atoms with E-state index in [1.807, 2.05) is 13.8 Å². The third-order valence-corrected chi connectivity index (χ3v) is 2.31. The van der Waals surface area contributed by atoms with Gasteiger partial charge in [0.15, 0.2) is 0 Å². The van der Waals surface area contributed by atoms with E-state index in [2.05, 4.69) is 5.32 Å². The fraction of sp³-hybridized carbons (Fsp3) is 0.364. The van der Waals surface area contributed by atoms with Crippen molar-refractivity contribution in [3.63, 3.8) is 0 Å². The second-order valence-electron chi connectivity index (χ2n) is 3.70. The molecule has 0 fully saturated rings. The van der Waals surface area contributed by atoms with Crippen LogP contribution in [0.4, 0.5) is 5.69 Å². The molecule has 0 saturated carbocycles. The first-order chi connectivity index (χ1) is 7.45. The molecule has 0 aliphatic carbocycles. The number of carbonyl (C=O) groups excluding carboxylic acids is 1. The van der Waals surface area contributed by atoms with Gasteiger partial charge in [0, 0.05) is 12.1 Å². The van der Waals surface area contributed by atoms with E-state index >= 15 is 0 Å². The van der Waals surface area contributed by atoms with E-state index in [-0.39, 0.29) is 24.4 Å². The molecule has 0 heterocycles. The second kappa shape index (κ2) is 6.57. The maximum absolute atomic E-state index is 11.8. The van der Waals surface area contributed by atoms with E-state index in [1.54, 1.807) is 0 Å². The molecular formula is C11H16Cl2N2O2. The first kappa shape index (κ1) is 15.9. The molecule has 4 nitrogen and oxygen atoms in total. The van der Waals surface area contributed by atoms with E-state index in [9.17, 15) is 4.79 Å². The molecule has 0 bridgehead atoms. The normalized spacial score (nSPS) is 9.71. The van der Waals surface area contributed by atoms with Gasteiger partial charge in [0.2, 0.25) is 0 Å². The molecule has 17 heavy (non-hydrogen) atoms. The number of nitrogen functional groups attached to an aromatic ring is 1. The first-order valence-electron chi connectivity index (χ1n) is 4.89. The lowest BCUT2D eigenvalue weighted by atomic mass is 10.1. The van der Waals surface area contributed by atoms with E-state index in [1.165, 1.54) is 19.2 Å². The van der Waals surface area contributed by atoms with E-state index in [4.69, 9.17) is 22.1 Å². The maximum atomic E-state index is 11.8. The lowest BCUT2D eigenvalue weighted by Crippen LogP contribution is -2.30. The van der Waals surface area contributed by atoms with Crippen molar-refractivity contribution in [1.82, 2.24) is 5.32 Å². The summed E-state index contributed by atoms with van der Waals surface area (Å²) in [5.41, 5.74) is 6.40. The largest absolute Gasteiger partial charge is 0.496 e. The molecule has 0 unspecified atom stereocenters. The monoisotopic (exact) mass is 278 g/mol. The highest BCUT2D eigenvalue weighted by Gasteiger charge is 2.15. The molecular weight excluding hydrogens is 263 g/mol. The predicted octanol–water partition coefficient (Wildman–Crippen LogP) is 2.49. The number of hydrogen-bond acceptors (Lipinski definition) is 3. The summed E-state index contributed by atoms with van der Waals surface area (Å²) in [4.78, 5) is 11.8. The van der Waals surface area contributed by atoms with Crippen LogP contribution in [-0.4, -0.2) is 19.1 Å². The predicted molar refractivity (Wildman–Crippen MR) is 72.3 cm³/mol. The molecule has 1 aromatic rings. The number of amides is 1. The minimum Gasteiger partial charge on any atom is -0.496 e. The molecule has 0 spiro atoms. The zero-order valence-corrected chi connectivity index (χ0v) is 11.5. The Morgan fingerprint density at radius 3 is 2.53 bits per heavy atom. The van der Waals surface area contributed by atoms with Gasteiger partial charge in [-0.15, -0.1) is 12.4 Å². The van der Waals surface area contributed by atoms with Crippen LogP contribution >= 0.6 is 24.0 Å². The van der Waals surface area contributed by atoms with Crippen LogP contribution in [0.2, 0.25) is 5.02 Å². The molecule has 3 N–H and O–H groups in total. The van der Waals surface area contributed by atoms with Gasteiger partial charge < -0.3 is 15.8 Å². The number of benzene rings is 1. The minimum atomic E-state index is -0.228. The Kier molecular flexibility index (Phi) is 6.13. The Balaban J connectivity index is 0.00000256. The Labute approximate surface area is 112 Å². The number of hydrogen-bond donors (Lipinski definition) is 2. The molecule has 0 atom stereocenters. The van der Waals surface area contributed by atoms with Gasteiger partial charge in [-0.3, -0.25) is 4.79 Å². The zero-order valence-electron chi connectivity index (χ0n) is 9.91. The van der Waals surface area contributed by atoms with Crippen LogP contribution in [0, 0.1) is 0 Å². The number of nitrogens with one attached hydrogen (secondary N) is 1. The van der Waals surface area contributed by atoms with Crippen molar-refractivity contribution in [3.05, 3.63) is 22.7 Å². The van der Waals surface area contributed by atoms with Crippen LogP contribution in [0.5, 0.6) is 5.75 Å². The van der Waals surface area contributed by atoms with Gasteiger partial charge in [-0.2, -0.15) is 0 Å². The van der Waals surface area contributed by atoms with Crippen molar-refractivity contribution in [1.29, 1.82) is 0 Å². The van der Waals surface area contributed by atoms with Crippen LogP contribution in [0.25, 0.3) is 0 Å². The van der Waals surface area contributed by atoms with Crippen molar-refractivity contribution >= 4 is 35.6 Å². The molecule has 1 amide bonds. The van der Waals surface area contributed by atoms with E-state index in [0.717, 1.165) is 0 Å². The molecule has 1 rings (SSSR count). The standard InChI is InChI=1S/C11H15ClN2O2.ClH/c1-6(2)14-11(15)7-4-8(12)9(13)5-10(7)16-3;/h4-6H,13H2,1-3H3,(H,14,15);1H. The van der Waals surface area contributed by atoms with Crippen LogP contribution in [0.1, 0.15) is 24.2 Å². The fourth-order valence-electron chi connectivity index (χ4n) is 1.26. The molecule has 0 radical (unpaired) electrons. The molecule has 1 aromatic carbocycles. The second-order valence-corrected chi connectivity index (χ2v) is 4.11. The van der Waals surface area contributed by atoms with Crippen LogP contribution in [-0.2, 0) is 0 Å². The topological polar surface area (TPSA) is 64.3 Å². The van der Waals surface area contributed by atoms with Crippen molar-refractivity contribution in [2.24, 2.45) is 0 Å². The third-order valence-electron chi connectivity index (χ3n) is 1.98. The van der Waals surface area contributed by atoms with Crippen LogP contribution < -0.4 is 15.8 Å². The summed E-state index contributed by atoms with van der Waals surface area (Å²) in [5.74, 6) is 0.189. The summed E-state index contributed by atoms with van der Waals surface area (Å²) in [7, 11) is 1.48. The summed E-state index contributed by atoms with van der Waals surface area (Å²) >= 11 is 5.86. The summed E-state index contributed by atoms with van der Waals surface area (Å²) in [6.45, 7) is 3.76. The number of rotatable bonds is 3. The Bertz CT molecular complexity index is 409. The van der Waals surface area contributed by atoms with E-state index in [0.29, 0.717) is 22.0 Å². The number of methoxy groups -OCH3 is 1. The van der Waals surface area contributed by atoms with Gasteiger partial charge in [-0.05, 0) is 19.9 Å². The lowest BCUT2D eigenvalue weighted by Gasteiger charge is -2.12. The molecule has 0 aromatic heterocycles. The summed E-state index contributed by atoms with van der Waals surface area (Å²) < 4.78 is 5.08. The average Bonchev–Trinajstić information content (AvgIpc) is 2.20. The van der Waals surface area contributed by atoms with Crippen molar-refractivity contribution in [2.75, 3.05) is 12.8 Å². The van der Waals surface area contributed by atoms with Crippen molar-refractivity contribution < 1.29 is 9.53 Å². The van der Waals surface area contributed by atoms with Crippen molar-refractivity contribution in [2.45, 2.75) is 19.9 Å². The highest BCUT2D eigenvalue weighted by Crippen LogP contribution is 2.28. The zero-order chi connectivity index (χ0) is 12.3. The highest BCUT2D eigenvalue weighted by molar-refractivity contribution is 6.33. The first-order valence-corrected chi connectivity index (χ1v) is 5.27. The van der Waals surface area contributed by atoms with Crippen molar-refractivity contribution in [3.8, 4) is 5.75 Å². The van der Waals surface area contributed by atoms with E-state index < -0.39 is 0 Å². The number of ether oxygens (including phenoxy) is 1. The van der Waals surface area contributed by atoms with Gasteiger partial charge >= 0.3 is 0 Å². The number of halogens is 2. The highest BCUT2D eigenvalue weighted by atomic mass is 35.5. The van der Waals surface area contributed by atoms with Gasteiger partial charge in [0.1, 0.15) is 5.75 Å². The van der Waals surface area contributed by atoms with Crippen LogP contribution in [0.3, 0.4) is 0 Å². The number of nitrogens with two attached hydrogens (primary N) is 1. The summed E-state index contributed by atoms with van der Waals surface area (Å²) in [6.07, 6.45) is 0.